The summed E-state index contributed by atoms with van der Waals surface area (Å²) in [6.07, 6.45) is 0.866. The first-order valence-electron chi connectivity index (χ1n) is 12.9. The van der Waals surface area contributed by atoms with E-state index in [0.717, 1.165) is 28.7 Å². The Hall–Kier alpha value is -1.60. The van der Waals surface area contributed by atoms with Gasteiger partial charge in [-0.25, -0.2) is 0 Å². The number of rotatable bonds is 1. The summed E-state index contributed by atoms with van der Waals surface area (Å²) < 4.78 is 27.8. The minimum absolute atomic E-state index is 0.0375. The molecule has 0 fully saturated rings. The lowest BCUT2D eigenvalue weighted by Gasteiger charge is -2.36. The van der Waals surface area contributed by atoms with Crippen LogP contribution in [0.4, 0.5) is 4.20 Å². The fourth-order valence-electron chi connectivity index (χ4n) is 4.77. The summed E-state index contributed by atoms with van der Waals surface area (Å²) in [5.41, 5.74) is 6.23. The lowest BCUT2D eigenvalue weighted by molar-refractivity contribution is 0.402. The third-order valence-electron chi connectivity index (χ3n) is 7.07. The number of halogens is 1. The summed E-state index contributed by atoms with van der Waals surface area (Å²) in [5, 5.41) is 0. The maximum atomic E-state index is 15.6. The summed E-state index contributed by atoms with van der Waals surface area (Å²) in [6.45, 7) is 28.6. The number of hydrogen-bond acceptors (Lipinski definition) is 2. The Balaban J connectivity index is 2.49. The van der Waals surface area contributed by atoms with Crippen molar-refractivity contribution in [3.63, 3.8) is 0 Å². The summed E-state index contributed by atoms with van der Waals surface area (Å²) in [5.74, 6) is 1.36. The van der Waals surface area contributed by atoms with Gasteiger partial charge in [0.05, 0.1) is 0 Å². The molecule has 0 radical (unpaired) electrons. The molecule has 0 aliphatic carbocycles. The molecule has 0 amide bonds. The van der Waals surface area contributed by atoms with Crippen LogP contribution >= 0.6 is 8.69 Å². The Bertz CT molecular complexity index is 1010. The van der Waals surface area contributed by atoms with Gasteiger partial charge in [-0.05, 0) is 39.2 Å². The van der Waals surface area contributed by atoms with Crippen molar-refractivity contribution >= 4 is 8.69 Å². The number of benzene rings is 2. The van der Waals surface area contributed by atoms with Gasteiger partial charge in [-0.2, -0.15) is 0 Å². The van der Waals surface area contributed by atoms with Crippen LogP contribution < -0.4 is 9.05 Å². The molecule has 1 aliphatic rings. The van der Waals surface area contributed by atoms with Gasteiger partial charge in [0.25, 0.3) is 0 Å². The fraction of sp³-hybridized carbons (Fsp3) is 0.613. The molecule has 194 valence electrons. The van der Waals surface area contributed by atoms with Crippen LogP contribution in [0.15, 0.2) is 24.3 Å². The normalized spacial score (nSPS) is 19.1. The molecule has 0 spiro atoms. The molecule has 0 atom stereocenters. The van der Waals surface area contributed by atoms with Gasteiger partial charge in [0.1, 0.15) is 11.5 Å². The van der Waals surface area contributed by atoms with E-state index in [1.54, 1.807) is 0 Å². The monoisotopic (exact) mass is 500 g/mol. The van der Waals surface area contributed by atoms with E-state index in [-0.39, 0.29) is 27.6 Å². The van der Waals surface area contributed by atoms with Crippen molar-refractivity contribution in [2.24, 2.45) is 0 Å². The SMILES string of the molecule is CCC1c2cc(C(C)(C)C)cc(C(C)(C)C)c2OP(F)Oc2c1cc(C(C)(C)C)cc2C(C)(C)C. The maximum Gasteiger partial charge on any atom is 0.505 e. The lowest BCUT2D eigenvalue weighted by atomic mass is 9.73. The van der Waals surface area contributed by atoms with E-state index in [9.17, 15) is 0 Å². The van der Waals surface area contributed by atoms with E-state index < -0.39 is 8.69 Å². The Kier molecular flexibility index (Phi) is 7.24. The molecular formula is C31H46FO2P. The Morgan fingerprint density at radius 2 is 0.971 bits per heavy atom. The summed E-state index contributed by atoms with van der Waals surface area (Å²) in [6, 6.07) is 8.95. The van der Waals surface area contributed by atoms with E-state index in [1.807, 2.05) is 0 Å². The van der Waals surface area contributed by atoms with Gasteiger partial charge in [-0.3, -0.25) is 0 Å². The molecule has 1 aliphatic heterocycles. The zero-order chi connectivity index (χ0) is 26.7. The molecule has 0 N–H and O–H groups in total. The standard InChI is InChI=1S/C31H46FO2P/c1-14-21-22-15-19(28(2,3)4)17-24(30(8,9)10)26(22)33-35(32)34-27-23(21)16-20(29(5,6)7)18-25(27)31(11,12)13/h15-18,21H,14H2,1-13H3. The molecule has 0 saturated carbocycles. The second-order valence-corrected chi connectivity index (χ2v) is 15.0. The Labute approximate surface area is 215 Å². The van der Waals surface area contributed by atoms with Crippen LogP contribution in [0, 0.1) is 0 Å². The van der Waals surface area contributed by atoms with Gasteiger partial charge in [-0.1, -0.05) is 114 Å². The van der Waals surface area contributed by atoms with Gasteiger partial charge >= 0.3 is 8.69 Å². The van der Waals surface area contributed by atoms with Crippen molar-refractivity contribution < 1.29 is 13.2 Å². The minimum Gasteiger partial charge on any atom is -0.414 e. The Morgan fingerprint density at radius 3 is 1.23 bits per heavy atom. The zero-order valence-electron chi connectivity index (χ0n) is 24.2. The van der Waals surface area contributed by atoms with Crippen molar-refractivity contribution in [3.8, 4) is 11.5 Å². The van der Waals surface area contributed by atoms with E-state index in [1.165, 1.54) is 11.1 Å². The molecule has 0 bridgehead atoms. The second kappa shape index (κ2) is 9.05. The molecule has 35 heavy (non-hydrogen) atoms. The van der Waals surface area contributed by atoms with Crippen molar-refractivity contribution in [2.45, 2.75) is 124 Å². The molecule has 1 heterocycles. The van der Waals surface area contributed by atoms with E-state index in [4.69, 9.17) is 9.05 Å². The zero-order valence-corrected chi connectivity index (χ0v) is 25.1. The van der Waals surface area contributed by atoms with Crippen LogP contribution in [0.2, 0.25) is 0 Å². The van der Waals surface area contributed by atoms with Crippen LogP contribution in [0.5, 0.6) is 11.5 Å². The number of fused-ring (bicyclic) bond motifs is 2. The van der Waals surface area contributed by atoms with Crippen molar-refractivity contribution in [1.29, 1.82) is 0 Å². The smallest absolute Gasteiger partial charge is 0.414 e. The summed E-state index contributed by atoms with van der Waals surface area (Å²) in [7, 11) is -2.63. The van der Waals surface area contributed by atoms with E-state index in [2.05, 4.69) is 114 Å². The largest absolute Gasteiger partial charge is 0.505 e. The Morgan fingerprint density at radius 1 is 0.629 bits per heavy atom. The third kappa shape index (κ3) is 5.71. The highest BCUT2D eigenvalue weighted by Crippen LogP contribution is 2.56. The lowest BCUT2D eigenvalue weighted by Crippen LogP contribution is -2.23. The van der Waals surface area contributed by atoms with Gasteiger partial charge < -0.3 is 9.05 Å². The van der Waals surface area contributed by atoms with Crippen LogP contribution in [0.1, 0.15) is 136 Å². The fourth-order valence-corrected chi connectivity index (χ4v) is 5.51. The van der Waals surface area contributed by atoms with Gasteiger partial charge in [0.15, 0.2) is 0 Å². The first kappa shape index (κ1) is 28.0. The van der Waals surface area contributed by atoms with Crippen LogP contribution in [-0.4, -0.2) is 0 Å². The van der Waals surface area contributed by atoms with Crippen LogP contribution in [0.3, 0.4) is 0 Å². The van der Waals surface area contributed by atoms with Gasteiger partial charge in [0, 0.05) is 28.2 Å². The molecule has 4 heteroatoms. The van der Waals surface area contributed by atoms with Crippen LogP contribution in [-0.2, 0) is 21.7 Å². The molecule has 0 aromatic heterocycles. The first-order valence-corrected chi connectivity index (χ1v) is 14.0. The quantitative estimate of drug-likeness (QED) is 0.363. The molecule has 0 saturated heterocycles. The molecule has 0 unspecified atom stereocenters. The predicted octanol–water partition coefficient (Wildman–Crippen LogP) is 10.4. The topological polar surface area (TPSA) is 18.5 Å². The highest BCUT2D eigenvalue weighted by Gasteiger charge is 2.37. The summed E-state index contributed by atoms with van der Waals surface area (Å²) >= 11 is 0. The van der Waals surface area contributed by atoms with Crippen molar-refractivity contribution in [3.05, 3.63) is 57.6 Å². The number of hydrogen-bond donors (Lipinski definition) is 0. The molecular weight excluding hydrogens is 454 g/mol. The average Bonchev–Trinajstić information content (AvgIpc) is 2.65. The predicted molar refractivity (Wildman–Crippen MR) is 149 cm³/mol. The van der Waals surface area contributed by atoms with Gasteiger partial charge in [-0.15, -0.1) is 4.20 Å². The summed E-state index contributed by atoms with van der Waals surface area (Å²) in [4.78, 5) is 0. The highest BCUT2D eigenvalue weighted by molar-refractivity contribution is 7.42. The van der Waals surface area contributed by atoms with E-state index in [0.29, 0.717) is 11.5 Å². The van der Waals surface area contributed by atoms with Crippen molar-refractivity contribution in [1.82, 2.24) is 0 Å². The first-order chi connectivity index (χ1) is 15.7. The second-order valence-electron chi connectivity index (χ2n) is 14.2. The van der Waals surface area contributed by atoms with Gasteiger partial charge in [0.2, 0.25) is 0 Å². The molecule has 2 aromatic carbocycles. The molecule has 2 nitrogen and oxygen atoms in total. The van der Waals surface area contributed by atoms with E-state index >= 15 is 4.20 Å². The van der Waals surface area contributed by atoms with Crippen molar-refractivity contribution in [2.75, 3.05) is 0 Å². The maximum absolute atomic E-state index is 15.6. The third-order valence-corrected chi connectivity index (χ3v) is 7.72. The average molecular weight is 501 g/mol. The molecule has 3 rings (SSSR count). The highest BCUT2D eigenvalue weighted by atomic mass is 31.2. The van der Waals surface area contributed by atoms with Crippen LogP contribution in [0.25, 0.3) is 0 Å². The minimum atomic E-state index is -2.63. The molecule has 2 aromatic rings.